The van der Waals surface area contributed by atoms with Gasteiger partial charge in [-0.2, -0.15) is 0 Å². The van der Waals surface area contributed by atoms with Crippen molar-refractivity contribution in [1.82, 2.24) is 0 Å². The molecule has 22 heavy (non-hydrogen) atoms. The number of hydrogen-bond acceptors (Lipinski definition) is 1. The smallest absolute Gasteiger partial charge is 0.125 e. The first-order valence-electron chi connectivity index (χ1n) is 8.25. The largest absolute Gasteiger partial charge is 0.496 e. The van der Waals surface area contributed by atoms with Crippen molar-refractivity contribution in [3.63, 3.8) is 0 Å². The Morgan fingerprint density at radius 1 is 0.818 bits per heavy atom. The van der Waals surface area contributed by atoms with Gasteiger partial charge < -0.3 is 4.74 Å². The Kier molecular flexibility index (Phi) is 3.99. The molecule has 4 bridgehead atoms. The molecule has 3 rings (SSSR count). The molecule has 0 saturated heterocycles. The number of benzene rings is 2. The lowest BCUT2D eigenvalue weighted by Crippen LogP contribution is -2.14. The molecule has 0 aliphatic heterocycles. The van der Waals surface area contributed by atoms with Gasteiger partial charge in [0.25, 0.3) is 0 Å². The van der Waals surface area contributed by atoms with E-state index in [1.807, 2.05) is 7.11 Å². The van der Waals surface area contributed by atoms with Gasteiger partial charge in [0.15, 0.2) is 0 Å². The minimum absolute atomic E-state index is 0.175. The van der Waals surface area contributed by atoms with Gasteiger partial charge in [0, 0.05) is 0 Å². The van der Waals surface area contributed by atoms with Crippen LogP contribution in [0.15, 0.2) is 36.4 Å². The number of aryl methyl sites for hydroxylation is 4. The summed E-state index contributed by atoms with van der Waals surface area (Å²) in [6.45, 7) is 6.87. The van der Waals surface area contributed by atoms with Gasteiger partial charge in [0.1, 0.15) is 5.75 Å². The summed E-state index contributed by atoms with van der Waals surface area (Å²) < 4.78 is 5.78. The molecule has 0 spiro atoms. The van der Waals surface area contributed by atoms with E-state index in [0.29, 0.717) is 0 Å². The van der Waals surface area contributed by atoms with Crippen molar-refractivity contribution in [2.75, 3.05) is 7.11 Å². The van der Waals surface area contributed by atoms with Crippen LogP contribution in [0.1, 0.15) is 48.6 Å². The Balaban J connectivity index is 2.09. The molecule has 0 fully saturated rings. The fourth-order valence-corrected chi connectivity index (χ4v) is 3.32. The van der Waals surface area contributed by atoms with Crippen LogP contribution in [0.25, 0.3) is 0 Å². The van der Waals surface area contributed by atoms with Gasteiger partial charge in [-0.1, -0.05) is 57.2 Å². The van der Waals surface area contributed by atoms with Crippen LogP contribution in [-0.2, 0) is 31.1 Å². The first kappa shape index (κ1) is 15.1. The normalized spacial score (nSPS) is 14.5. The molecular formula is C21H26O. The summed E-state index contributed by atoms with van der Waals surface area (Å²) in [4.78, 5) is 0. The summed E-state index contributed by atoms with van der Waals surface area (Å²) in [7, 11) is 1.81. The second-order valence-electron chi connectivity index (χ2n) is 7.40. The van der Waals surface area contributed by atoms with E-state index in [1.54, 1.807) is 0 Å². The van der Waals surface area contributed by atoms with E-state index in [4.69, 9.17) is 4.74 Å². The van der Waals surface area contributed by atoms with Crippen molar-refractivity contribution >= 4 is 0 Å². The molecule has 2 aromatic rings. The summed E-state index contributed by atoms with van der Waals surface area (Å²) in [5.41, 5.74) is 7.18. The second kappa shape index (κ2) is 5.79. The molecule has 0 unspecified atom stereocenters. The minimum Gasteiger partial charge on any atom is -0.496 e. The lowest BCUT2D eigenvalue weighted by atomic mass is 9.82. The highest BCUT2D eigenvalue weighted by atomic mass is 16.5. The van der Waals surface area contributed by atoms with E-state index >= 15 is 0 Å². The monoisotopic (exact) mass is 294 g/mol. The summed E-state index contributed by atoms with van der Waals surface area (Å²) in [5.74, 6) is 1.11. The maximum Gasteiger partial charge on any atom is 0.125 e. The Labute approximate surface area is 134 Å². The minimum atomic E-state index is 0.175. The van der Waals surface area contributed by atoms with Gasteiger partial charge in [0.2, 0.25) is 0 Å². The Bertz CT molecular complexity index is 632. The van der Waals surface area contributed by atoms with Crippen molar-refractivity contribution in [1.29, 1.82) is 0 Å². The molecule has 116 valence electrons. The lowest BCUT2D eigenvalue weighted by Gasteiger charge is -2.24. The second-order valence-corrected chi connectivity index (χ2v) is 7.40. The number of methoxy groups -OCH3 is 1. The van der Waals surface area contributed by atoms with E-state index in [2.05, 4.69) is 57.2 Å². The van der Waals surface area contributed by atoms with Gasteiger partial charge in [-0.05, 0) is 58.9 Å². The van der Waals surface area contributed by atoms with Crippen molar-refractivity contribution in [3.05, 3.63) is 64.2 Å². The van der Waals surface area contributed by atoms with E-state index in [1.165, 1.54) is 27.8 Å². The molecule has 1 nitrogen and oxygen atoms in total. The Morgan fingerprint density at radius 3 is 1.82 bits per heavy atom. The van der Waals surface area contributed by atoms with Gasteiger partial charge in [0.05, 0.1) is 7.11 Å². The molecule has 2 aromatic carbocycles. The van der Waals surface area contributed by atoms with Crippen molar-refractivity contribution in [2.24, 2.45) is 0 Å². The molecule has 0 amide bonds. The quantitative estimate of drug-likeness (QED) is 0.728. The summed E-state index contributed by atoms with van der Waals surface area (Å²) in [6, 6.07) is 13.8. The average Bonchev–Trinajstić information content (AvgIpc) is 2.49. The Morgan fingerprint density at radius 2 is 1.36 bits per heavy atom. The summed E-state index contributed by atoms with van der Waals surface area (Å²) in [5, 5.41) is 0. The standard InChI is InChI=1S/C21H26O/c1-21(2,3)19-13-17-10-8-15-6-5-7-16(12-15)9-11-18(14-19)20(17)22-4/h5-7,12-14H,8-11H2,1-4H3. The molecule has 0 atom stereocenters. The van der Waals surface area contributed by atoms with E-state index in [-0.39, 0.29) is 5.41 Å². The van der Waals surface area contributed by atoms with Crippen LogP contribution in [0.5, 0.6) is 5.75 Å². The van der Waals surface area contributed by atoms with Crippen LogP contribution in [-0.4, -0.2) is 7.11 Å². The van der Waals surface area contributed by atoms with E-state index < -0.39 is 0 Å². The maximum atomic E-state index is 5.78. The van der Waals surface area contributed by atoms with Gasteiger partial charge in [-0.3, -0.25) is 0 Å². The third-order valence-corrected chi connectivity index (χ3v) is 4.67. The summed E-state index contributed by atoms with van der Waals surface area (Å²) >= 11 is 0. The number of fused-ring (bicyclic) bond motifs is 4. The first-order chi connectivity index (χ1) is 10.5. The molecule has 0 radical (unpaired) electrons. The summed E-state index contributed by atoms with van der Waals surface area (Å²) in [6.07, 6.45) is 4.25. The van der Waals surface area contributed by atoms with Crippen LogP contribution in [0.2, 0.25) is 0 Å². The molecule has 0 N–H and O–H groups in total. The predicted octanol–water partition coefficient (Wildman–Crippen LogP) is 4.88. The number of hydrogen-bond donors (Lipinski definition) is 0. The van der Waals surface area contributed by atoms with Crippen LogP contribution >= 0.6 is 0 Å². The molecular weight excluding hydrogens is 268 g/mol. The third kappa shape index (κ3) is 3.04. The SMILES string of the molecule is COc1c2cc(C(C)(C)C)cc1CCc1cccc(c1)CC2. The van der Waals surface area contributed by atoms with Crippen LogP contribution in [0.3, 0.4) is 0 Å². The molecule has 0 saturated carbocycles. The Hall–Kier alpha value is -1.76. The zero-order valence-corrected chi connectivity index (χ0v) is 14.2. The molecule has 0 heterocycles. The zero-order valence-electron chi connectivity index (χ0n) is 14.2. The third-order valence-electron chi connectivity index (χ3n) is 4.67. The fourth-order valence-electron chi connectivity index (χ4n) is 3.32. The lowest BCUT2D eigenvalue weighted by molar-refractivity contribution is 0.403. The first-order valence-corrected chi connectivity index (χ1v) is 8.25. The highest BCUT2D eigenvalue weighted by Gasteiger charge is 2.20. The predicted molar refractivity (Wildman–Crippen MR) is 93.0 cm³/mol. The molecule has 0 aromatic heterocycles. The maximum absolute atomic E-state index is 5.78. The van der Waals surface area contributed by atoms with Gasteiger partial charge in [-0.15, -0.1) is 0 Å². The van der Waals surface area contributed by atoms with E-state index in [0.717, 1.165) is 31.4 Å². The average molecular weight is 294 g/mol. The van der Waals surface area contributed by atoms with Crippen molar-refractivity contribution < 1.29 is 4.74 Å². The number of ether oxygens (including phenoxy) is 1. The zero-order chi connectivity index (χ0) is 15.7. The highest BCUT2D eigenvalue weighted by molar-refractivity contribution is 5.48. The van der Waals surface area contributed by atoms with Crippen LogP contribution in [0, 0.1) is 0 Å². The molecule has 1 aliphatic rings. The highest BCUT2D eigenvalue weighted by Crippen LogP contribution is 2.34. The molecule has 1 heteroatoms. The molecule has 1 aliphatic carbocycles. The van der Waals surface area contributed by atoms with Crippen LogP contribution < -0.4 is 4.74 Å². The van der Waals surface area contributed by atoms with Crippen LogP contribution in [0.4, 0.5) is 0 Å². The fraction of sp³-hybridized carbons (Fsp3) is 0.429. The van der Waals surface area contributed by atoms with Gasteiger partial charge in [-0.25, -0.2) is 0 Å². The van der Waals surface area contributed by atoms with E-state index in [9.17, 15) is 0 Å². The van der Waals surface area contributed by atoms with Crippen molar-refractivity contribution in [2.45, 2.75) is 51.9 Å². The topological polar surface area (TPSA) is 9.23 Å². The van der Waals surface area contributed by atoms with Gasteiger partial charge >= 0.3 is 0 Å². The number of rotatable bonds is 1. The van der Waals surface area contributed by atoms with Crippen molar-refractivity contribution in [3.8, 4) is 5.75 Å².